The summed E-state index contributed by atoms with van der Waals surface area (Å²) in [7, 11) is 0. The Balaban J connectivity index is 1.77. The summed E-state index contributed by atoms with van der Waals surface area (Å²) in [6.45, 7) is 4.17. The molecule has 9 atom stereocenters. The molecule has 0 radical (unpaired) electrons. The number of aliphatic hydroxyl groups is 4. The Morgan fingerprint density at radius 3 is 2.64 bits per heavy atom. The van der Waals surface area contributed by atoms with Crippen LogP contribution < -0.4 is 0 Å². The molecule has 25 heavy (non-hydrogen) atoms. The van der Waals surface area contributed by atoms with Crippen LogP contribution >= 0.6 is 0 Å². The zero-order valence-corrected chi connectivity index (χ0v) is 15.2. The highest BCUT2D eigenvalue weighted by Gasteiger charge is 2.68. The number of terminal acetylenes is 1. The third kappa shape index (κ3) is 2.04. The number of allylic oxidation sites excluding steroid dienone is 1. The number of hydrogen-bond donors (Lipinski definition) is 4. The third-order valence-corrected chi connectivity index (χ3v) is 8.45. The second kappa shape index (κ2) is 5.33. The third-order valence-electron chi connectivity index (χ3n) is 8.45. The molecule has 4 nitrogen and oxygen atoms in total. The average molecular weight is 346 g/mol. The van der Waals surface area contributed by atoms with Gasteiger partial charge in [0.25, 0.3) is 0 Å². The summed E-state index contributed by atoms with van der Waals surface area (Å²) in [4.78, 5) is 0. The SMILES string of the molecule is C#C[C@]1(O)[C@H](O)C[C@H]2[C@@H]3CC=C4C[C@H](O)CC[C@]4(C)[C@H]3[C@@H](O)C[C@@]21C. The molecule has 3 saturated carbocycles. The highest BCUT2D eigenvalue weighted by atomic mass is 16.3. The van der Waals surface area contributed by atoms with Crippen LogP contribution in [0.4, 0.5) is 0 Å². The number of aliphatic hydroxyl groups excluding tert-OH is 3. The zero-order valence-electron chi connectivity index (χ0n) is 15.2. The van der Waals surface area contributed by atoms with Gasteiger partial charge in [0.1, 0.15) is 0 Å². The maximum Gasteiger partial charge on any atom is 0.156 e. The Morgan fingerprint density at radius 1 is 1.24 bits per heavy atom. The lowest BCUT2D eigenvalue weighted by Gasteiger charge is -2.60. The largest absolute Gasteiger partial charge is 0.393 e. The Labute approximate surface area is 150 Å². The number of fused-ring (bicyclic) bond motifs is 5. The van der Waals surface area contributed by atoms with Crippen molar-refractivity contribution >= 4 is 0 Å². The van der Waals surface area contributed by atoms with Gasteiger partial charge in [0.2, 0.25) is 0 Å². The van der Waals surface area contributed by atoms with Crippen molar-refractivity contribution in [1.82, 2.24) is 0 Å². The summed E-state index contributed by atoms with van der Waals surface area (Å²) in [6.07, 6.45) is 10.2. The molecule has 4 heteroatoms. The fourth-order valence-electron chi connectivity index (χ4n) is 7.05. The normalized spacial score (nSPS) is 57.7. The summed E-state index contributed by atoms with van der Waals surface area (Å²) < 4.78 is 0. The van der Waals surface area contributed by atoms with Crippen molar-refractivity contribution in [2.75, 3.05) is 0 Å². The zero-order chi connectivity index (χ0) is 18.2. The molecule has 4 rings (SSSR count). The van der Waals surface area contributed by atoms with Crippen LogP contribution in [0.1, 0.15) is 52.4 Å². The minimum absolute atomic E-state index is 0.0958. The van der Waals surface area contributed by atoms with Crippen LogP contribution in [0.25, 0.3) is 0 Å². The van der Waals surface area contributed by atoms with Crippen molar-refractivity contribution in [1.29, 1.82) is 0 Å². The van der Waals surface area contributed by atoms with Gasteiger partial charge in [-0.25, -0.2) is 0 Å². The van der Waals surface area contributed by atoms with Crippen molar-refractivity contribution in [3.05, 3.63) is 11.6 Å². The van der Waals surface area contributed by atoms with Gasteiger partial charge in [0, 0.05) is 5.41 Å². The van der Waals surface area contributed by atoms with Crippen LogP contribution in [-0.4, -0.2) is 44.3 Å². The minimum atomic E-state index is -1.57. The Morgan fingerprint density at radius 2 is 1.96 bits per heavy atom. The monoisotopic (exact) mass is 346 g/mol. The highest BCUT2D eigenvalue weighted by molar-refractivity contribution is 5.31. The predicted octanol–water partition coefficient (Wildman–Crippen LogP) is 1.62. The van der Waals surface area contributed by atoms with Gasteiger partial charge in [-0.1, -0.05) is 31.4 Å². The predicted molar refractivity (Wildman–Crippen MR) is 94.3 cm³/mol. The van der Waals surface area contributed by atoms with Crippen molar-refractivity contribution in [2.24, 2.45) is 28.6 Å². The van der Waals surface area contributed by atoms with Crippen molar-refractivity contribution in [3.63, 3.8) is 0 Å². The smallest absolute Gasteiger partial charge is 0.156 e. The minimum Gasteiger partial charge on any atom is -0.393 e. The van der Waals surface area contributed by atoms with Crippen LogP contribution in [0.3, 0.4) is 0 Å². The molecular weight excluding hydrogens is 316 g/mol. The molecule has 0 aliphatic heterocycles. The van der Waals surface area contributed by atoms with Crippen LogP contribution in [-0.2, 0) is 0 Å². The van der Waals surface area contributed by atoms with Crippen LogP contribution in [0.5, 0.6) is 0 Å². The molecule has 3 fully saturated rings. The van der Waals surface area contributed by atoms with Gasteiger partial charge >= 0.3 is 0 Å². The Bertz CT molecular complexity index is 651. The van der Waals surface area contributed by atoms with E-state index in [0.717, 1.165) is 19.3 Å². The van der Waals surface area contributed by atoms with Gasteiger partial charge in [-0.05, 0) is 61.7 Å². The van der Waals surface area contributed by atoms with Gasteiger partial charge in [0.05, 0.1) is 18.3 Å². The molecular formula is C21H30O4. The molecule has 0 aromatic carbocycles. The Hall–Kier alpha value is -0.860. The molecule has 0 saturated heterocycles. The van der Waals surface area contributed by atoms with Gasteiger partial charge in [-0.3, -0.25) is 0 Å². The lowest BCUT2D eigenvalue weighted by atomic mass is 9.46. The summed E-state index contributed by atoms with van der Waals surface area (Å²) in [5.41, 5.74) is -1.07. The quantitative estimate of drug-likeness (QED) is 0.397. The Kier molecular flexibility index (Phi) is 3.74. The van der Waals surface area contributed by atoms with Crippen molar-refractivity contribution < 1.29 is 20.4 Å². The summed E-state index contributed by atoms with van der Waals surface area (Å²) in [5.74, 6) is 2.86. The van der Waals surface area contributed by atoms with E-state index in [4.69, 9.17) is 6.42 Å². The second-order valence-electron chi connectivity index (χ2n) is 9.43. The summed E-state index contributed by atoms with van der Waals surface area (Å²) in [6, 6.07) is 0. The summed E-state index contributed by atoms with van der Waals surface area (Å²) in [5, 5.41) is 42.8. The van der Waals surface area contributed by atoms with Gasteiger partial charge in [-0.15, -0.1) is 6.42 Å². The maximum atomic E-state index is 11.1. The fourth-order valence-corrected chi connectivity index (χ4v) is 7.05. The van der Waals surface area contributed by atoms with E-state index in [2.05, 4.69) is 18.9 Å². The van der Waals surface area contributed by atoms with Gasteiger partial charge in [0.15, 0.2) is 5.60 Å². The molecule has 4 aliphatic rings. The molecule has 138 valence electrons. The van der Waals surface area contributed by atoms with Crippen LogP contribution in [0.15, 0.2) is 11.6 Å². The molecule has 0 amide bonds. The van der Waals surface area contributed by atoms with Crippen LogP contribution in [0.2, 0.25) is 0 Å². The molecule has 4 N–H and O–H groups in total. The topological polar surface area (TPSA) is 80.9 Å². The van der Waals surface area contributed by atoms with E-state index in [9.17, 15) is 20.4 Å². The molecule has 0 unspecified atom stereocenters. The van der Waals surface area contributed by atoms with E-state index in [1.54, 1.807) is 0 Å². The van der Waals surface area contributed by atoms with Crippen molar-refractivity contribution in [3.8, 4) is 12.3 Å². The van der Waals surface area contributed by atoms with E-state index in [0.29, 0.717) is 19.3 Å². The molecule has 0 spiro atoms. The first-order chi connectivity index (χ1) is 11.7. The molecule has 0 heterocycles. The number of hydrogen-bond acceptors (Lipinski definition) is 4. The molecule has 4 aliphatic carbocycles. The standard InChI is InChI=1S/C21H30O4/c1-4-21(25)17(24)10-15-14-6-5-12-9-13(22)7-8-19(12,2)18(14)16(23)11-20(15,21)3/h1,5,13-18,22-25H,6-11H2,2-3H3/t13-,14+,15+,16+,17-,18-,19+,20+,21+/m1/s1. The van der Waals surface area contributed by atoms with Crippen LogP contribution in [0, 0.1) is 40.9 Å². The number of rotatable bonds is 0. The molecule has 0 aromatic heterocycles. The highest BCUT2D eigenvalue weighted by Crippen LogP contribution is 2.66. The maximum absolute atomic E-state index is 11.1. The summed E-state index contributed by atoms with van der Waals surface area (Å²) >= 11 is 0. The fraction of sp³-hybridized carbons (Fsp3) is 0.810. The van der Waals surface area contributed by atoms with E-state index in [1.165, 1.54) is 5.57 Å². The van der Waals surface area contributed by atoms with E-state index in [1.807, 2.05) is 6.92 Å². The first-order valence-corrected chi connectivity index (χ1v) is 9.61. The lowest BCUT2D eigenvalue weighted by Crippen LogP contribution is -2.60. The molecule has 0 bridgehead atoms. The first kappa shape index (κ1) is 17.5. The van der Waals surface area contributed by atoms with E-state index >= 15 is 0 Å². The first-order valence-electron chi connectivity index (χ1n) is 9.61. The lowest BCUT2D eigenvalue weighted by molar-refractivity contribution is -0.160. The van der Waals surface area contributed by atoms with Crippen molar-refractivity contribution in [2.45, 2.75) is 76.3 Å². The van der Waals surface area contributed by atoms with Gasteiger partial charge in [-0.2, -0.15) is 0 Å². The van der Waals surface area contributed by atoms with E-state index < -0.39 is 23.2 Å². The second-order valence-corrected chi connectivity index (χ2v) is 9.43. The van der Waals surface area contributed by atoms with Gasteiger partial charge < -0.3 is 20.4 Å². The molecule has 0 aromatic rings. The average Bonchev–Trinajstić information content (AvgIpc) is 2.76. The van der Waals surface area contributed by atoms with E-state index in [-0.39, 0.29) is 29.3 Å².